The van der Waals surface area contributed by atoms with Crippen molar-refractivity contribution in [3.05, 3.63) is 142 Å². The first-order chi connectivity index (χ1) is 21.9. The lowest BCUT2D eigenvalue weighted by Gasteiger charge is -2.40. The molecule has 0 spiro atoms. The van der Waals surface area contributed by atoms with Crippen LogP contribution in [0.4, 0.5) is 5.82 Å². The number of ketones is 1. The summed E-state index contributed by atoms with van der Waals surface area (Å²) in [4.78, 5) is 32.3. The SMILES string of the molecule is COc1ccc(C2C(C(=O)Nc3ccccn3)=C(C)NC3=CC(c4ccccc4)CC(=O)C32)cc1COc1ccc(C#N)cc1. The summed E-state index contributed by atoms with van der Waals surface area (Å²) in [5.41, 5.74) is 5.11. The molecule has 1 aliphatic carbocycles. The van der Waals surface area contributed by atoms with E-state index < -0.39 is 11.8 Å². The van der Waals surface area contributed by atoms with Crippen LogP contribution in [-0.4, -0.2) is 23.8 Å². The van der Waals surface area contributed by atoms with Crippen molar-refractivity contribution in [2.45, 2.75) is 31.8 Å². The van der Waals surface area contributed by atoms with Crippen molar-refractivity contribution in [3.63, 3.8) is 0 Å². The fourth-order valence-corrected chi connectivity index (χ4v) is 6.16. The standard InChI is InChI=1S/C37H32N4O4/c1-23-34(37(43)41-33-10-6-7-17-39-33)35(36-30(40-23)19-27(20-31(36)42)25-8-4-3-5-9-25)26-13-16-32(44-2)28(18-26)22-45-29-14-11-24(21-38)12-15-29/h3-19,27,35-36,40H,20,22H2,1-2H3,(H,39,41,43). The van der Waals surface area contributed by atoms with Gasteiger partial charge in [0.1, 0.15) is 29.7 Å². The Hall–Kier alpha value is -5.68. The second-order valence-electron chi connectivity index (χ2n) is 11.1. The number of hydrogen-bond acceptors (Lipinski definition) is 7. The van der Waals surface area contributed by atoms with Crippen LogP contribution in [0.3, 0.4) is 0 Å². The quantitative estimate of drug-likeness (QED) is 0.242. The number of pyridine rings is 1. The molecule has 4 aromatic rings. The van der Waals surface area contributed by atoms with Crippen molar-refractivity contribution in [1.82, 2.24) is 10.3 Å². The van der Waals surface area contributed by atoms with Gasteiger partial charge in [-0.1, -0.05) is 48.5 Å². The first kappa shape index (κ1) is 29.4. The molecular formula is C37H32N4O4. The molecule has 0 saturated heterocycles. The lowest BCUT2D eigenvalue weighted by Crippen LogP contribution is -2.42. The highest BCUT2D eigenvalue weighted by molar-refractivity contribution is 6.06. The first-order valence-electron chi connectivity index (χ1n) is 14.7. The van der Waals surface area contributed by atoms with Crippen LogP contribution in [0.1, 0.15) is 47.4 Å². The number of carbonyl (C=O) groups is 2. The Morgan fingerprint density at radius 1 is 1.00 bits per heavy atom. The molecule has 0 fully saturated rings. The Balaban J connectivity index is 1.40. The molecule has 2 aliphatic rings. The molecule has 3 aromatic carbocycles. The fraction of sp³-hybridized carbons (Fsp3) is 0.189. The number of rotatable bonds is 8. The maximum absolute atomic E-state index is 14.1. The number of nitrogens with zero attached hydrogens (tertiary/aromatic N) is 2. The molecule has 2 N–H and O–H groups in total. The van der Waals surface area contributed by atoms with Gasteiger partial charge in [-0.05, 0) is 66.6 Å². The van der Waals surface area contributed by atoms with Crippen molar-refractivity contribution >= 4 is 17.5 Å². The molecule has 1 aromatic heterocycles. The molecule has 0 saturated carbocycles. The van der Waals surface area contributed by atoms with Gasteiger partial charge in [0.25, 0.3) is 5.91 Å². The topological polar surface area (TPSA) is 113 Å². The van der Waals surface area contributed by atoms with Gasteiger partial charge in [-0.25, -0.2) is 4.98 Å². The average molecular weight is 597 g/mol. The number of benzene rings is 3. The molecule has 8 heteroatoms. The first-order valence-corrected chi connectivity index (χ1v) is 14.7. The molecule has 224 valence electrons. The lowest BCUT2D eigenvalue weighted by atomic mass is 9.68. The summed E-state index contributed by atoms with van der Waals surface area (Å²) in [5.74, 6) is 0.164. The number of methoxy groups -OCH3 is 1. The maximum atomic E-state index is 14.1. The lowest BCUT2D eigenvalue weighted by molar-refractivity contribution is -0.123. The van der Waals surface area contributed by atoms with Crippen LogP contribution in [0.25, 0.3) is 0 Å². The van der Waals surface area contributed by atoms with Gasteiger partial charge >= 0.3 is 0 Å². The summed E-state index contributed by atoms with van der Waals surface area (Å²) in [5, 5.41) is 15.5. The summed E-state index contributed by atoms with van der Waals surface area (Å²) in [7, 11) is 1.59. The smallest absolute Gasteiger partial charge is 0.255 e. The van der Waals surface area contributed by atoms with E-state index in [-0.39, 0.29) is 24.2 Å². The van der Waals surface area contributed by atoms with Gasteiger partial charge < -0.3 is 20.1 Å². The number of aromatic nitrogens is 1. The van der Waals surface area contributed by atoms with Gasteiger partial charge in [0.2, 0.25) is 0 Å². The van der Waals surface area contributed by atoms with E-state index in [4.69, 9.17) is 14.7 Å². The number of fused-ring (bicyclic) bond motifs is 1. The summed E-state index contributed by atoms with van der Waals surface area (Å²) in [6.45, 7) is 2.05. The third-order valence-corrected chi connectivity index (χ3v) is 8.28. The van der Waals surface area contributed by atoms with E-state index in [0.717, 1.165) is 22.4 Å². The number of carbonyl (C=O) groups excluding carboxylic acids is 2. The Kier molecular flexibility index (Phi) is 8.43. The number of anilines is 1. The summed E-state index contributed by atoms with van der Waals surface area (Å²) in [6, 6.07) is 30.0. The predicted octanol–water partition coefficient (Wildman–Crippen LogP) is 6.40. The largest absolute Gasteiger partial charge is 0.496 e. The molecule has 1 amide bonds. The van der Waals surface area contributed by atoms with Crippen LogP contribution in [-0.2, 0) is 16.2 Å². The van der Waals surface area contributed by atoms with Crippen molar-refractivity contribution in [3.8, 4) is 17.6 Å². The minimum atomic E-state index is -0.584. The number of ether oxygens (including phenoxy) is 2. The molecule has 3 unspecified atom stereocenters. The number of nitrogens with one attached hydrogen (secondary N) is 2. The Labute approximate surface area is 262 Å². The van der Waals surface area contributed by atoms with Gasteiger partial charge in [0, 0.05) is 47.0 Å². The fourth-order valence-electron chi connectivity index (χ4n) is 6.16. The minimum absolute atomic E-state index is 0.0562. The molecule has 45 heavy (non-hydrogen) atoms. The molecule has 2 heterocycles. The highest BCUT2D eigenvalue weighted by Gasteiger charge is 2.44. The van der Waals surface area contributed by atoms with E-state index in [1.54, 1.807) is 55.8 Å². The highest BCUT2D eigenvalue weighted by Crippen LogP contribution is 2.46. The van der Waals surface area contributed by atoms with Crippen LogP contribution in [0.5, 0.6) is 11.5 Å². The van der Waals surface area contributed by atoms with E-state index in [1.165, 1.54) is 0 Å². The van der Waals surface area contributed by atoms with Crippen LogP contribution < -0.4 is 20.1 Å². The summed E-state index contributed by atoms with van der Waals surface area (Å²) >= 11 is 0. The second-order valence-corrected chi connectivity index (χ2v) is 11.1. The van der Waals surface area contributed by atoms with Gasteiger partial charge in [-0.15, -0.1) is 0 Å². The third kappa shape index (κ3) is 6.20. The van der Waals surface area contributed by atoms with Crippen LogP contribution in [0, 0.1) is 17.2 Å². The predicted molar refractivity (Wildman–Crippen MR) is 170 cm³/mol. The number of nitriles is 1. The Morgan fingerprint density at radius 2 is 1.78 bits per heavy atom. The highest BCUT2D eigenvalue weighted by atomic mass is 16.5. The van der Waals surface area contributed by atoms with Crippen molar-refractivity contribution in [2.75, 3.05) is 12.4 Å². The third-order valence-electron chi connectivity index (χ3n) is 8.28. The Bertz CT molecular complexity index is 1830. The molecule has 8 nitrogen and oxygen atoms in total. The van der Waals surface area contributed by atoms with Gasteiger partial charge in [-0.2, -0.15) is 5.26 Å². The molecule has 0 radical (unpaired) electrons. The van der Waals surface area contributed by atoms with Crippen molar-refractivity contribution in [1.29, 1.82) is 5.26 Å². The van der Waals surface area contributed by atoms with E-state index in [1.807, 2.05) is 55.5 Å². The number of amides is 1. The number of allylic oxidation sites excluding steroid dienone is 3. The van der Waals surface area contributed by atoms with Crippen molar-refractivity contribution in [2.24, 2.45) is 5.92 Å². The molecule has 0 bridgehead atoms. The van der Waals surface area contributed by atoms with E-state index in [0.29, 0.717) is 40.6 Å². The monoisotopic (exact) mass is 596 g/mol. The Morgan fingerprint density at radius 3 is 2.49 bits per heavy atom. The number of Topliss-reactive ketones (excluding diaryl/α,β-unsaturated/α-hetero) is 1. The van der Waals surface area contributed by atoms with Gasteiger partial charge in [-0.3, -0.25) is 9.59 Å². The van der Waals surface area contributed by atoms with E-state index >= 15 is 0 Å². The molecular weight excluding hydrogens is 564 g/mol. The van der Waals surface area contributed by atoms with Gasteiger partial charge in [0.15, 0.2) is 0 Å². The van der Waals surface area contributed by atoms with Crippen LogP contribution in [0.15, 0.2) is 120 Å². The van der Waals surface area contributed by atoms with Gasteiger partial charge in [0.05, 0.1) is 24.7 Å². The zero-order chi connectivity index (χ0) is 31.3. The normalized spacial score (nSPS) is 19.0. The summed E-state index contributed by atoms with van der Waals surface area (Å²) in [6.07, 6.45) is 4.07. The number of hydrogen-bond donors (Lipinski definition) is 2. The maximum Gasteiger partial charge on any atom is 0.255 e. The van der Waals surface area contributed by atoms with Crippen molar-refractivity contribution < 1.29 is 19.1 Å². The summed E-state index contributed by atoms with van der Waals surface area (Å²) < 4.78 is 11.7. The molecule has 1 aliphatic heterocycles. The van der Waals surface area contributed by atoms with Crippen LogP contribution >= 0.6 is 0 Å². The molecule has 3 atom stereocenters. The van der Waals surface area contributed by atoms with E-state index in [9.17, 15) is 9.59 Å². The zero-order valence-corrected chi connectivity index (χ0v) is 25.0. The zero-order valence-electron chi connectivity index (χ0n) is 25.0. The minimum Gasteiger partial charge on any atom is -0.496 e. The van der Waals surface area contributed by atoms with Crippen LogP contribution in [0.2, 0.25) is 0 Å². The molecule has 6 rings (SSSR count). The second kappa shape index (κ2) is 12.9. The van der Waals surface area contributed by atoms with E-state index in [2.05, 4.69) is 27.8 Å². The average Bonchev–Trinajstić information content (AvgIpc) is 3.07.